The van der Waals surface area contributed by atoms with Crippen molar-refractivity contribution < 1.29 is 23.5 Å². The van der Waals surface area contributed by atoms with Gasteiger partial charge in [0, 0.05) is 18.9 Å². The normalized spacial score (nSPS) is 18.3. The molecular formula is C15H16N2O6. The Hall–Kier alpha value is -2.64. The van der Waals surface area contributed by atoms with E-state index < -0.39 is 5.63 Å². The van der Waals surface area contributed by atoms with Crippen molar-refractivity contribution in [2.45, 2.75) is 25.9 Å². The lowest BCUT2D eigenvalue weighted by Crippen LogP contribution is -2.58. The number of rotatable bonds is 4. The number of carbonyl (C=O) groups is 3. The topological polar surface area (TPSA) is 97.1 Å². The third-order valence-electron chi connectivity index (χ3n) is 3.82. The fraction of sp³-hybridized carbons (Fsp3) is 0.467. The predicted octanol–water partition coefficient (Wildman–Crippen LogP) is -0.313. The lowest BCUT2D eigenvalue weighted by Gasteiger charge is -2.39. The Labute approximate surface area is 131 Å². The van der Waals surface area contributed by atoms with Crippen LogP contribution in [0.2, 0.25) is 0 Å². The Morgan fingerprint density at radius 3 is 2.48 bits per heavy atom. The molecule has 0 N–H and O–H groups in total. The van der Waals surface area contributed by atoms with Crippen molar-refractivity contribution in [3.63, 3.8) is 0 Å². The summed E-state index contributed by atoms with van der Waals surface area (Å²) in [5.74, 6) is -0.0323. The fourth-order valence-corrected chi connectivity index (χ4v) is 2.59. The first kappa shape index (κ1) is 15.3. The molecule has 0 unspecified atom stereocenters. The molecule has 0 spiro atoms. The van der Waals surface area contributed by atoms with Crippen LogP contribution in [0.1, 0.15) is 18.6 Å². The van der Waals surface area contributed by atoms with Gasteiger partial charge in [0.05, 0.1) is 19.2 Å². The quantitative estimate of drug-likeness (QED) is 0.706. The first-order chi connectivity index (χ1) is 10.9. The molecule has 3 rings (SSSR count). The average Bonchev–Trinajstić information content (AvgIpc) is 2.73. The highest BCUT2D eigenvalue weighted by molar-refractivity contribution is 6.04. The van der Waals surface area contributed by atoms with Gasteiger partial charge in [-0.1, -0.05) is 0 Å². The van der Waals surface area contributed by atoms with Crippen molar-refractivity contribution in [1.82, 2.24) is 9.80 Å². The van der Waals surface area contributed by atoms with Crippen LogP contribution < -0.4 is 10.4 Å². The van der Waals surface area contributed by atoms with Gasteiger partial charge in [-0.2, -0.15) is 0 Å². The van der Waals surface area contributed by atoms with E-state index in [1.807, 2.05) is 0 Å². The van der Waals surface area contributed by atoms with E-state index in [1.165, 1.54) is 11.0 Å². The first-order valence-electron chi connectivity index (χ1n) is 7.32. The molecule has 1 aromatic heterocycles. The molecule has 0 bridgehead atoms. The second kappa shape index (κ2) is 5.86. The molecule has 0 atom stereocenters. The number of hydrogen-bond acceptors (Lipinski definition) is 6. The Morgan fingerprint density at radius 1 is 1.22 bits per heavy atom. The minimum absolute atomic E-state index is 0.174. The van der Waals surface area contributed by atoms with Crippen molar-refractivity contribution in [2.75, 3.05) is 19.6 Å². The van der Waals surface area contributed by atoms with Crippen molar-refractivity contribution in [2.24, 2.45) is 0 Å². The molecule has 2 aliphatic heterocycles. The summed E-state index contributed by atoms with van der Waals surface area (Å²) in [5, 5.41) is 0. The fourth-order valence-electron chi connectivity index (χ4n) is 2.59. The largest absolute Gasteiger partial charge is 0.486 e. The molecule has 122 valence electrons. The molecule has 2 aliphatic rings. The molecule has 23 heavy (non-hydrogen) atoms. The van der Waals surface area contributed by atoms with E-state index in [9.17, 15) is 19.2 Å². The third-order valence-corrected chi connectivity index (χ3v) is 3.82. The minimum atomic E-state index is -0.488. The van der Waals surface area contributed by atoms with Crippen molar-refractivity contribution in [1.29, 1.82) is 0 Å². The van der Waals surface area contributed by atoms with Crippen molar-refractivity contribution >= 4 is 17.7 Å². The third kappa shape index (κ3) is 3.25. The van der Waals surface area contributed by atoms with Gasteiger partial charge in [0.2, 0.25) is 17.7 Å². The Balaban J connectivity index is 1.50. The number of amides is 3. The lowest BCUT2D eigenvalue weighted by atomic mass is 10.1. The molecular weight excluding hydrogens is 304 g/mol. The van der Waals surface area contributed by atoms with E-state index in [1.54, 1.807) is 13.0 Å². The summed E-state index contributed by atoms with van der Waals surface area (Å²) in [6.07, 6.45) is 0.131. The number of ether oxygens (including phenoxy) is 1. The number of nitrogens with zero attached hydrogens (tertiary/aromatic N) is 2. The number of likely N-dealkylation sites (tertiary alicyclic amines) is 2. The highest BCUT2D eigenvalue weighted by Gasteiger charge is 2.36. The molecule has 0 radical (unpaired) electrons. The van der Waals surface area contributed by atoms with Crippen LogP contribution in [0.25, 0.3) is 0 Å². The van der Waals surface area contributed by atoms with Gasteiger partial charge in [0.1, 0.15) is 24.2 Å². The van der Waals surface area contributed by atoms with E-state index in [-0.39, 0.29) is 43.2 Å². The molecule has 3 heterocycles. The smallest absolute Gasteiger partial charge is 0.339 e. The van der Waals surface area contributed by atoms with Gasteiger partial charge < -0.3 is 14.1 Å². The molecule has 2 fully saturated rings. The van der Waals surface area contributed by atoms with E-state index in [2.05, 4.69) is 0 Å². The summed E-state index contributed by atoms with van der Waals surface area (Å²) in [4.78, 5) is 48.8. The highest BCUT2D eigenvalue weighted by Crippen LogP contribution is 2.19. The molecule has 0 saturated carbocycles. The summed E-state index contributed by atoms with van der Waals surface area (Å²) in [6.45, 7) is 2.15. The van der Waals surface area contributed by atoms with Gasteiger partial charge in [0.15, 0.2) is 0 Å². The van der Waals surface area contributed by atoms with Crippen molar-refractivity contribution in [3.8, 4) is 5.75 Å². The SMILES string of the molecule is Cc1cc(OC2CN(C(=O)CN3C(=O)CCC3=O)C2)cc(=O)o1. The first-order valence-corrected chi connectivity index (χ1v) is 7.32. The van der Waals surface area contributed by atoms with Gasteiger partial charge in [0.25, 0.3) is 0 Å². The molecule has 0 aromatic carbocycles. The summed E-state index contributed by atoms with van der Waals surface area (Å²) in [5.41, 5.74) is -0.488. The van der Waals surface area contributed by atoms with Gasteiger partial charge in [-0.25, -0.2) is 4.79 Å². The highest BCUT2D eigenvalue weighted by atomic mass is 16.5. The van der Waals surface area contributed by atoms with E-state index in [4.69, 9.17) is 9.15 Å². The summed E-state index contributed by atoms with van der Waals surface area (Å²) in [6, 6.07) is 2.85. The molecule has 3 amide bonds. The Bertz CT molecular complexity index is 703. The van der Waals surface area contributed by atoms with Crippen molar-refractivity contribution in [3.05, 3.63) is 28.3 Å². The molecule has 2 saturated heterocycles. The lowest BCUT2D eigenvalue weighted by molar-refractivity contribution is -0.149. The Kier molecular flexibility index (Phi) is 3.89. The molecule has 8 nitrogen and oxygen atoms in total. The van der Waals surface area contributed by atoms with Gasteiger partial charge in [-0.15, -0.1) is 0 Å². The standard InChI is InChI=1S/C15H16N2O6/c1-9-4-10(5-15(21)22-9)23-11-6-16(7-11)14(20)8-17-12(18)2-3-13(17)19/h4-5,11H,2-3,6-8H2,1H3. The zero-order valence-electron chi connectivity index (χ0n) is 12.6. The number of aryl methyl sites for hydroxylation is 1. The number of hydrogen-bond donors (Lipinski definition) is 0. The van der Waals surface area contributed by atoms with Gasteiger partial charge >= 0.3 is 5.63 Å². The predicted molar refractivity (Wildman–Crippen MR) is 76.7 cm³/mol. The van der Waals surface area contributed by atoms with Crippen LogP contribution >= 0.6 is 0 Å². The van der Waals surface area contributed by atoms with Crippen LogP contribution in [-0.2, 0) is 14.4 Å². The van der Waals surface area contributed by atoms with Crippen LogP contribution in [0, 0.1) is 6.92 Å². The van der Waals surface area contributed by atoms with Gasteiger partial charge in [-0.3, -0.25) is 19.3 Å². The van der Waals surface area contributed by atoms with Crippen LogP contribution in [0.3, 0.4) is 0 Å². The second-order valence-corrected chi connectivity index (χ2v) is 5.63. The minimum Gasteiger partial charge on any atom is -0.486 e. The molecule has 1 aromatic rings. The number of carbonyl (C=O) groups excluding carboxylic acids is 3. The average molecular weight is 320 g/mol. The van der Waals surface area contributed by atoms with Gasteiger partial charge in [-0.05, 0) is 6.92 Å². The summed E-state index contributed by atoms with van der Waals surface area (Å²) >= 11 is 0. The van der Waals surface area contributed by atoms with Crippen LogP contribution in [0.15, 0.2) is 21.3 Å². The maximum atomic E-state index is 12.0. The van der Waals surface area contributed by atoms with Crippen LogP contribution in [0.4, 0.5) is 0 Å². The Morgan fingerprint density at radius 2 is 1.87 bits per heavy atom. The molecule has 8 heteroatoms. The number of imide groups is 1. The van der Waals surface area contributed by atoms with E-state index >= 15 is 0 Å². The van der Waals surface area contributed by atoms with E-state index in [0.717, 1.165) is 4.90 Å². The van der Waals surface area contributed by atoms with Crippen LogP contribution in [0.5, 0.6) is 5.75 Å². The monoisotopic (exact) mass is 320 g/mol. The van der Waals surface area contributed by atoms with Crippen LogP contribution in [-0.4, -0.2) is 53.3 Å². The maximum Gasteiger partial charge on any atom is 0.339 e. The second-order valence-electron chi connectivity index (χ2n) is 5.63. The summed E-state index contributed by atoms with van der Waals surface area (Å²) in [7, 11) is 0. The zero-order chi connectivity index (χ0) is 16.6. The maximum absolute atomic E-state index is 12.0. The van der Waals surface area contributed by atoms with E-state index in [0.29, 0.717) is 24.6 Å². The zero-order valence-corrected chi connectivity index (χ0v) is 12.6. The molecule has 0 aliphatic carbocycles. The summed E-state index contributed by atoms with van der Waals surface area (Å²) < 4.78 is 10.4.